The Kier molecular flexibility index (Phi) is 14.4. The van der Waals surface area contributed by atoms with Crippen molar-refractivity contribution in [1.82, 2.24) is 59.0 Å². The van der Waals surface area contributed by atoms with Crippen LogP contribution in [0.3, 0.4) is 0 Å². The van der Waals surface area contributed by atoms with Crippen LogP contribution in [0.15, 0.2) is 93.3 Å². The summed E-state index contributed by atoms with van der Waals surface area (Å²) in [5.74, 6) is 1.21. The number of hydrogen-bond acceptors (Lipinski definition) is 18. The first kappa shape index (κ1) is 55.7. The lowest BCUT2D eigenvalue weighted by atomic mass is 10.0. The van der Waals surface area contributed by atoms with Gasteiger partial charge in [0, 0.05) is 97.0 Å². The third-order valence-corrected chi connectivity index (χ3v) is 17.7. The Hall–Kier alpha value is -7.85. The number of pyridine rings is 2. The van der Waals surface area contributed by atoms with Gasteiger partial charge >= 0.3 is 12.4 Å². The van der Waals surface area contributed by atoms with E-state index in [4.69, 9.17) is 9.05 Å². The Morgan fingerprint density at radius 1 is 0.627 bits per heavy atom. The number of likely N-dealkylation sites (tertiary alicyclic amines) is 2. The molecule has 0 spiro atoms. The second kappa shape index (κ2) is 21.4. The minimum absolute atomic E-state index is 0.000621. The minimum Gasteiger partial charge on any atom is -0.390 e. The summed E-state index contributed by atoms with van der Waals surface area (Å²) in [6, 6.07) is 14.3. The van der Waals surface area contributed by atoms with Crippen LogP contribution in [0.2, 0.25) is 0 Å². The lowest BCUT2D eigenvalue weighted by molar-refractivity contribution is -0.138. The largest absolute Gasteiger partial charge is 0.419 e. The van der Waals surface area contributed by atoms with E-state index in [0.717, 1.165) is 66.7 Å². The number of halogens is 6. The Morgan fingerprint density at radius 2 is 1.12 bits per heavy atom. The van der Waals surface area contributed by atoms with Gasteiger partial charge in [-0.05, 0) is 103 Å². The summed E-state index contributed by atoms with van der Waals surface area (Å²) >= 11 is 0. The van der Waals surface area contributed by atoms with E-state index in [1.165, 1.54) is 24.4 Å². The molecule has 0 bridgehead atoms. The van der Waals surface area contributed by atoms with Crippen LogP contribution in [-0.2, 0) is 22.4 Å². The van der Waals surface area contributed by atoms with Crippen LogP contribution in [0, 0.1) is 27.7 Å². The van der Waals surface area contributed by atoms with Gasteiger partial charge in [0.2, 0.25) is 11.9 Å². The van der Waals surface area contributed by atoms with Crippen molar-refractivity contribution >= 4 is 44.0 Å². The van der Waals surface area contributed by atoms with Crippen LogP contribution in [0.1, 0.15) is 72.6 Å². The highest BCUT2D eigenvalue weighted by Crippen LogP contribution is 2.43. The minimum atomic E-state index is -4.84. The fraction of sp³-hybridized carbons (Fsp3) is 0.393. The van der Waals surface area contributed by atoms with Gasteiger partial charge in [0.05, 0.1) is 62.4 Å². The molecule has 2 saturated carbocycles. The van der Waals surface area contributed by atoms with Gasteiger partial charge in [-0.3, -0.25) is 9.80 Å². The number of aliphatic hydroxyl groups is 2. The molecule has 83 heavy (non-hydrogen) atoms. The van der Waals surface area contributed by atoms with Crippen LogP contribution >= 0.6 is 0 Å². The quantitative estimate of drug-likeness (QED) is 0.0714. The summed E-state index contributed by atoms with van der Waals surface area (Å²) in [6.45, 7) is 9.30. The van der Waals surface area contributed by atoms with Gasteiger partial charge in [0.1, 0.15) is 28.3 Å². The molecule has 9 aromatic rings. The van der Waals surface area contributed by atoms with Crippen molar-refractivity contribution in [1.29, 1.82) is 0 Å². The number of aryl methyl sites for hydroxylation is 4. The molecule has 10 heterocycles. The van der Waals surface area contributed by atoms with Crippen LogP contribution in [-0.4, -0.2) is 140 Å². The van der Waals surface area contributed by atoms with E-state index in [2.05, 4.69) is 65.6 Å². The molecule has 0 amide bonds. The van der Waals surface area contributed by atoms with Crippen LogP contribution in [0.25, 0.3) is 67.1 Å². The third-order valence-electron chi connectivity index (χ3n) is 16.0. The summed E-state index contributed by atoms with van der Waals surface area (Å²) < 4.78 is 125. The smallest absolute Gasteiger partial charge is 0.390 e. The number of benzene rings is 1. The number of aromatic nitrogens is 10. The zero-order chi connectivity index (χ0) is 58.3. The molecule has 27 heteroatoms. The van der Waals surface area contributed by atoms with E-state index < -0.39 is 39.2 Å². The molecule has 8 aromatic heterocycles. The predicted octanol–water partition coefficient (Wildman–Crippen LogP) is 9.35. The van der Waals surface area contributed by atoms with Crippen molar-refractivity contribution in [2.24, 2.45) is 0 Å². The monoisotopic (exact) mass is 1170 g/mol. The van der Waals surface area contributed by atoms with Crippen molar-refractivity contribution in [3.63, 3.8) is 0 Å². The molecule has 1 aromatic carbocycles. The summed E-state index contributed by atoms with van der Waals surface area (Å²) in [6.07, 6.45) is -0.617. The van der Waals surface area contributed by atoms with Gasteiger partial charge in [-0.2, -0.15) is 26.3 Å². The fourth-order valence-electron chi connectivity index (χ4n) is 12.0. The molecule has 4 aliphatic rings. The molecule has 0 unspecified atom stereocenters. The maximum Gasteiger partial charge on any atom is 0.419 e. The van der Waals surface area contributed by atoms with E-state index in [1.807, 2.05) is 6.92 Å². The number of β-amino-alcohol motifs (C(OH)–C–C–N with tert-alkyl or cyclic N) is 2. The molecule has 4 fully saturated rings. The van der Waals surface area contributed by atoms with Crippen molar-refractivity contribution in [2.75, 3.05) is 36.8 Å². The molecule has 2 aliphatic heterocycles. The molecule has 13 rings (SSSR count). The zero-order valence-electron chi connectivity index (χ0n) is 45.2. The number of fused-ring (bicyclic) bond motifs is 2. The first-order valence-electron chi connectivity index (χ1n) is 27.0. The second-order valence-electron chi connectivity index (χ2n) is 21.5. The number of hydrogen-bond donors (Lipinski definition) is 5. The zero-order valence-corrected chi connectivity index (χ0v) is 46.0. The first-order chi connectivity index (χ1) is 39.6. The lowest BCUT2D eigenvalue weighted by Gasteiger charge is -2.42. The van der Waals surface area contributed by atoms with Gasteiger partial charge in [0.15, 0.2) is 5.65 Å². The average Bonchev–Trinajstić information content (AvgIpc) is 2.17. The van der Waals surface area contributed by atoms with Gasteiger partial charge in [-0.15, -0.1) is 0 Å². The Balaban J connectivity index is 0.000000168. The standard InChI is InChI=1S/C31H30F3N7O4S.C25H26F3N7O2/c1-17-27(18(2)45-39-17)25-12-11-21-22(16-41(29(21)36-25)46(43,44)20-7-4-3-5-8-20)28-23(31(32,33)34)13-35-30(38-28)37-24-9-6-10-26(24)40-14-19(42)15-40;1-12-21(13(2)37-34-12)19-7-6-15-16(8-29-23(15)31-19)22-17(25(26,27)28)9-30-24(33-22)32-18-4-3-5-20(18)35-10-14(36)11-35/h3-5,7-8,11-13,16,19,24,26,42H,6,9-10,14-15H2,1-2H3,(H,35,37,38);6-9,14,18,20,36H,3-5,10-11H2,1-2H3,(H,29,31)(H,30,32,33)/t24-,26-;18-,20-/m00/s1. The molecular weight excluding hydrogens is 1110 g/mol. The van der Waals surface area contributed by atoms with Gasteiger partial charge in [-0.1, -0.05) is 28.5 Å². The number of nitrogens with one attached hydrogen (secondary N) is 3. The second-order valence-corrected chi connectivity index (χ2v) is 23.4. The number of aromatic amines is 1. The van der Waals surface area contributed by atoms with Crippen LogP contribution < -0.4 is 10.6 Å². The van der Waals surface area contributed by atoms with Crippen LogP contribution in [0.4, 0.5) is 38.2 Å². The maximum absolute atomic E-state index is 14.5. The number of H-pyrrole nitrogens is 1. The van der Waals surface area contributed by atoms with Gasteiger partial charge in [0.25, 0.3) is 10.0 Å². The number of rotatable bonds is 12. The van der Waals surface area contributed by atoms with Crippen molar-refractivity contribution in [3.8, 4) is 45.0 Å². The highest BCUT2D eigenvalue weighted by molar-refractivity contribution is 7.90. The number of nitrogens with zero attached hydrogens (tertiary/aromatic N) is 11. The number of aliphatic hydroxyl groups excluding tert-OH is 2. The van der Waals surface area contributed by atoms with E-state index in [-0.39, 0.29) is 75.5 Å². The highest BCUT2D eigenvalue weighted by Gasteiger charge is 2.42. The molecule has 5 N–H and O–H groups in total. The first-order valence-corrected chi connectivity index (χ1v) is 28.5. The molecule has 20 nitrogen and oxygen atoms in total. The van der Waals surface area contributed by atoms with Crippen LogP contribution in [0.5, 0.6) is 0 Å². The van der Waals surface area contributed by atoms with Crippen molar-refractivity contribution in [2.45, 2.75) is 120 Å². The summed E-state index contributed by atoms with van der Waals surface area (Å²) in [5.41, 5.74) is 1.34. The Labute approximate surface area is 470 Å². The summed E-state index contributed by atoms with van der Waals surface area (Å²) in [7, 11) is -4.30. The lowest BCUT2D eigenvalue weighted by Crippen LogP contribution is -2.58. The summed E-state index contributed by atoms with van der Waals surface area (Å²) in [5, 5.41) is 34.5. The van der Waals surface area contributed by atoms with E-state index in [9.17, 15) is 45.0 Å². The van der Waals surface area contributed by atoms with E-state index in [0.29, 0.717) is 82.6 Å². The normalized spacial score (nSPS) is 20.2. The molecule has 4 atom stereocenters. The molecule has 0 radical (unpaired) electrons. The molecule has 434 valence electrons. The Bertz CT molecular complexity index is 3970. The average molecular weight is 1170 g/mol. The predicted molar refractivity (Wildman–Crippen MR) is 292 cm³/mol. The van der Waals surface area contributed by atoms with Crippen molar-refractivity contribution in [3.05, 3.63) is 113 Å². The van der Waals surface area contributed by atoms with Gasteiger partial charge < -0.3 is 34.9 Å². The topological polar surface area (TPSA) is 255 Å². The van der Waals surface area contributed by atoms with Gasteiger partial charge in [-0.25, -0.2) is 42.3 Å². The molecule has 2 aliphatic carbocycles. The number of anilines is 2. The molecule has 2 saturated heterocycles. The van der Waals surface area contributed by atoms with E-state index in [1.54, 1.807) is 57.2 Å². The van der Waals surface area contributed by atoms with E-state index >= 15 is 0 Å². The Morgan fingerprint density at radius 3 is 1.60 bits per heavy atom. The SMILES string of the molecule is Cc1noc(C)c1-c1ccc2c(-c3nc(N[C@H]4CCC[C@@H]4N4CC(O)C4)ncc3C(F)(F)F)c[nH]c2n1.Cc1noc(C)c1-c1ccc2c(-c3nc(N[C@H]4CCC[C@@H]4N4CC(O)C4)ncc3C(F)(F)F)cn(S(=O)(=O)c3ccccc3)c2n1. The highest BCUT2D eigenvalue weighted by atomic mass is 32.2. The third kappa shape index (κ3) is 10.6. The fourth-order valence-corrected chi connectivity index (χ4v) is 13.3. The number of alkyl halides is 6. The van der Waals surface area contributed by atoms with Crippen molar-refractivity contribution < 1.29 is 54.0 Å². The maximum atomic E-state index is 14.5. The summed E-state index contributed by atoms with van der Waals surface area (Å²) in [4.78, 5) is 33.3. The molecular formula is C56H56F6N14O6S.